The van der Waals surface area contributed by atoms with Crippen LogP contribution in [0.2, 0.25) is 0 Å². The Kier molecular flexibility index (Phi) is 5.39. The van der Waals surface area contributed by atoms with Crippen LogP contribution in [0.5, 0.6) is 5.75 Å². The van der Waals surface area contributed by atoms with Gasteiger partial charge in [-0.1, -0.05) is 18.2 Å². The van der Waals surface area contributed by atoms with E-state index in [1.165, 1.54) is 6.07 Å². The third-order valence-electron chi connectivity index (χ3n) is 6.59. The van der Waals surface area contributed by atoms with Gasteiger partial charge in [-0.15, -0.1) is 0 Å². The third kappa shape index (κ3) is 3.63. The van der Waals surface area contributed by atoms with Crippen molar-refractivity contribution in [3.8, 4) is 17.3 Å². The van der Waals surface area contributed by atoms with E-state index in [2.05, 4.69) is 35.0 Å². The number of phenols is 1. The van der Waals surface area contributed by atoms with E-state index in [4.69, 9.17) is 10.1 Å². The molecule has 1 aliphatic heterocycles. The Hall–Kier alpha value is -4.01. The summed E-state index contributed by atoms with van der Waals surface area (Å²) in [5.41, 5.74) is 3.48. The summed E-state index contributed by atoms with van der Waals surface area (Å²) < 4.78 is 4.04. The highest BCUT2D eigenvalue weighted by Gasteiger charge is 2.27. The number of aryl methyl sites for hydroxylation is 2. The Morgan fingerprint density at radius 2 is 2.00 bits per heavy atom. The molecule has 1 atom stereocenters. The van der Waals surface area contributed by atoms with Gasteiger partial charge >= 0.3 is 6.09 Å². The molecule has 3 heterocycles. The molecule has 34 heavy (non-hydrogen) atoms. The van der Waals surface area contributed by atoms with E-state index in [9.17, 15) is 14.7 Å². The molecule has 2 amide bonds. The number of piperidine rings is 1. The molecule has 1 aliphatic rings. The van der Waals surface area contributed by atoms with Crippen LogP contribution in [0.1, 0.15) is 30.1 Å². The first-order valence-electron chi connectivity index (χ1n) is 11.4. The minimum Gasteiger partial charge on any atom is -0.506 e. The van der Waals surface area contributed by atoms with E-state index in [1.807, 2.05) is 23.7 Å². The van der Waals surface area contributed by atoms with E-state index < -0.39 is 6.09 Å². The summed E-state index contributed by atoms with van der Waals surface area (Å²) >= 11 is 0. The second kappa shape index (κ2) is 8.40. The number of likely N-dealkylation sites (tertiary alicyclic amines) is 1. The van der Waals surface area contributed by atoms with Crippen molar-refractivity contribution in [3.63, 3.8) is 0 Å². The fraction of sp³-hybridized carbons (Fsp3) is 0.320. The zero-order valence-electron chi connectivity index (χ0n) is 19.2. The van der Waals surface area contributed by atoms with Crippen molar-refractivity contribution in [2.24, 2.45) is 7.05 Å². The van der Waals surface area contributed by atoms with Crippen molar-refractivity contribution >= 4 is 33.9 Å². The van der Waals surface area contributed by atoms with Gasteiger partial charge in [0.05, 0.1) is 11.2 Å². The van der Waals surface area contributed by atoms with Gasteiger partial charge in [0.2, 0.25) is 0 Å². The lowest BCUT2D eigenvalue weighted by molar-refractivity contribution is 0.0692. The average Bonchev–Trinajstić information content (AvgIpc) is 3.35. The molecule has 0 radical (unpaired) electrons. The number of nitrogens with one attached hydrogen (secondary N) is 1. The van der Waals surface area contributed by atoms with Gasteiger partial charge in [0.1, 0.15) is 11.3 Å². The number of carbonyl (C=O) groups is 2. The summed E-state index contributed by atoms with van der Waals surface area (Å²) in [7, 11) is 1.86. The molecular weight excluding hydrogens is 434 g/mol. The van der Waals surface area contributed by atoms with Crippen molar-refractivity contribution in [2.45, 2.75) is 32.4 Å². The second-order valence-electron chi connectivity index (χ2n) is 8.73. The molecular formula is C25H27N5O4. The first-order valence-corrected chi connectivity index (χ1v) is 11.4. The maximum absolute atomic E-state index is 13.2. The fourth-order valence-electron chi connectivity index (χ4n) is 5.05. The maximum atomic E-state index is 13.2. The molecule has 0 bridgehead atoms. The molecule has 0 aliphatic carbocycles. The first kappa shape index (κ1) is 21.8. The number of amides is 2. The maximum Gasteiger partial charge on any atom is 0.404 e. The predicted octanol–water partition coefficient (Wildman–Crippen LogP) is 3.79. The van der Waals surface area contributed by atoms with Gasteiger partial charge < -0.3 is 29.6 Å². The lowest BCUT2D eigenvalue weighted by Gasteiger charge is -2.32. The summed E-state index contributed by atoms with van der Waals surface area (Å²) in [4.78, 5) is 30.6. The van der Waals surface area contributed by atoms with Crippen LogP contribution in [0, 0.1) is 0 Å². The van der Waals surface area contributed by atoms with Gasteiger partial charge in [0, 0.05) is 49.2 Å². The molecule has 2 aromatic heterocycles. The minimum absolute atomic E-state index is 0.0153. The summed E-state index contributed by atoms with van der Waals surface area (Å²) in [6.07, 6.45) is 0.305. The Balaban J connectivity index is 1.53. The van der Waals surface area contributed by atoms with E-state index in [0.29, 0.717) is 48.4 Å². The number of rotatable bonds is 4. The number of carbonyl (C=O) groups excluding carboxylic acids is 1. The Bertz CT molecular complexity index is 1420. The zero-order chi connectivity index (χ0) is 24.0. The van der Waals surface area contributed by atoms with Crippen molar-refractivity contribution in [2.75, 3.05) is 13.1 Å². The van der Waals surface area contributed by atoms with Gasteiger partial charge in [0.25, 0.3) is 5.91 Å². The molecule has 9 nitrogen and oxygen atoms in total. The number of fused-ring (bicyclic) bond motifs is 2. The van der Waals surface area contributed by atoms with Crippen LogP contribution in [0.4, 0.5) is 4.79 Å². The highest BCUT2D eigenvalue weighted by atomic mass is 16.4. The number of aromatic nitrogens is 3. The number of carboxylic acid groups (broad SMARTS) is 1. The second-order valence-corrected chi connectivity index (χ2v) is 8.73. The number of para-hydroxylation sites is 1. The highest BCUT2D eigenvalue weighted by Crippen LogP contribution is 2.34. The molecule has 5 rings (SSSR count). The van der Waals surface area contributed by atoms with Gasteiger partial charge in [-0.2, -0.15) is 0 Å². The van der Waals surface area contributed by atoms with E-state index >= 15 is 0 Å². The third-order valence-corrected chi connectivity index (χ3v) is 6.59. The predicted molar refractivity (Wildman–Crippen MR) is 129 cm³/mol. The summed E-state index contributed by atoms with van der Waals surface area (Å²) in [5.74, 6) is 0.444. The molecule has 176 valence electrons. The normalized spacial score (nSPS) is 16.3. The molecule has 9 heteroatoms. The largest absolute Gasteiger partial charge is 0.506 e. The number of benzene rings is 2. The van der Waals surface area contributed by atoms with Crippen LogP contribution < -0.4 is 5.32 Å². The number of aromatic hydroxyl groups is 1. The van der Waals surface area contributed by atoms with Crippen LogP contribution >= 0.6 is 0 Å². The zero-order valence-corrected chi connectivity index (χ0v) is 19.2. The van der Waals surface area contributed by atoms with Crippen LogP contribution in [-0.2, 0) is 13.6 Å². The van der Waals surface area contributed by atoms with Crippen molar-refractivity contribution in [3.05, 3.63) is 48.0 Å². The van der Waals surface area contributed by atoms with Gasteiger partial charge in [-0.25, -0.2) is 9.78 Å². The average molecular weight is 462 g/mol. The molecule has 1 unspecified atom stereocenters. The Morgan fingerprint density at radius 3 is 2.76 bits per heavy atom. The van der Waals surface area contributed by atoms with Crippen LogP contribution in [0.3, 0.4) is 0 Å². The summed E-state index contributed by atoms with van der Waals surface area (Å²) in [5, 5.41) is 23.4. The number of hydrogen-bond acceptors (Lipinski definition) is 4. The number of hydrogen-bond donors (Lipinski definition) is 3. The van der Waals surface area contributed by atoms with Gasteiger partial charge in [-0.05, 0) is 44.0 Å². The van der Waals surface area contributed by atoms with Crippen LogP contribution in [0.25, 0.3) is 33.5 Å². The molecule has 4 aromatic rings. The molecule has 2 aromatic carbocycles. The summed E-state index contributed by atoms with van der Waals surface area (Å²) in [6.45, 7) is 3.69. The highest BCUT2D eigenvalue weighted by molar-refractivity contribution is 6.00. The fourth-order valence-corrected chi connectivity index (χ4v) is 5.05. The monoisotopic (exact) mass is 461 g/mol. The van der Waals surface area contributed by atoms with Crippen LogP contribution in [-0.4, -0.2) is 60.4 Å². The topological polar surface area (TPSA) is 113 Å². The first-order chi connectivity index (χ1) is 16.4. The number of phenolic OH excluding ortho intramolecular Hbond substituents is 1. The SMILES string of the molecule is CCn1c(-c2nc3cc(C(=O)N4CCCC(NC(=O)O)C4)cc(O)c3n2C)cc2ccccc21. The standard InChI is InChI=1S/C25H27N5O4/c1-3-30-19-9-5-4-7-15(19)12-20(30)23-27-18-11-16(13-21(31)22(18)28(23)2)24(32)29-10-6-8-17(14-29)26-25(33)34/h4-5,7,9,11-13,17,26,31H,3,6,8,10,14H2,1-2H3,(H,33,34). The van der Waals surface area contributed by atoms with Crippen LogP contribution in [0.15, 0.2) is 42.5 Å². The van der Waals surface area contributed by atoms with Crippen molar-refractivity contribution < 1.29 is 19.8 Å². The summed E-state index contributed by atoms with van der Waals surface area (Å²) in [6, 6.07) is 13.1. The minimum atomic E-state index is -1.09. The smallest absolute Gasteiger partial charge is 0.404 e. The van der Waals surface area contributed by atoms with Crippen molar-refractivity contribution in [1.29, 1.82) is 0 Å². The number of nitrogens with zero attached hydrogens (tertiary/aromatic N) is 4. The van der Waals surface area contributed by atoms with Gasteiger partial charge in [0.15, 0.2) is 5.82 Å². The van der Waals surface area contributed by atoms with Crippen molar-refractivity contribution in [1.82, 2.24) is 24.3 Å². The molecule has 1 saturated heterocycles. The lowest BCUT2D eigenvalue weighted by Crippen LogP contribution is -2.49. The molecule has 0 spiro atoms. The van der Waals surface area contributed by atoms with E-state index in [1.54, 1.807) is 11.0 Å². The Labute approximate surface area is 196 Å². The quantitative estimate of drug-likeness (QED) is 0.428. The van der Waals surface area contributed by atoms with E-state index in [-0.39, 0.29) is 17.7 Å². The Morgan fingerprint density at radius 1 is 1.21 bits per heavy atom. The lowest BCUT2D eigenvalue weighted by atomic mass is 10.0. The van der Waals surface area contributed by atoms with E-state index in [0.717, 1.165) is 23.1 Å². The number of imidazole rings is 1. The van der Waals surface area contributed by atoms with Gasteiger partial charge in [-0.3, -0.25) is 4.79 Å². The molecule has 3 N–H and O–H groups in total. The molecule has 1 fully saturated rings. The molecule has 0 saturated carbocycles.